The number of aromatic nitrogens is 1. The second kappa shape index (κ2) is 8.26. The normalized spacial score (nSPS) is 12.6. The first-order valence-electron chi connectivity index (χ1n) is 9.61. The Kier molecular flexibility index (Phi) is 5.37. The summed E-state index contributed by atoms with van der Waals surface area (Å²) in [5, 5.41) is 3.95. The first-order valence-corrected chi connectivity index (χ1v) is 9.61. The average molecular weight is 393 g/mol. The Labute approximate surface area is 168 Å². The lowest BCUT2D eigenvalue weighted by Gasteiger charge is -2.24. The third-order valence-electron chi connectivity index (χ3n) is 4.90. The zero-order chi connectivity index (χ0) is 20.2. The Hall–Kier alpha value is -3.48. The van der Waals surface area contributed by atoms with Gasteiger partial charge in [-0.2, -0.15) is 0 Å². The van der Waals surface area contributed by atoms with Gasteiger partial charge in [-0.25, -0.2) is 0 Å². The zero-order valence-electron chi connectivity index (χ0n) is 16.2. The van der Waals surface area contributed by atoms with Gasteiger partial charge >= 0.3 is 0 Å². The molecule has 2 heterocycles. The maximum atomic E-state index is 12.4. The van der Waals surface area contributed by atoms with E-state index >= 15 is 0 Å². The van der Waals surface area contributed by atoms with E-state index in [0.717, 1.165) is 16.5 Å². The molecule has 2 aromatic carbocycles. The molecule has 0 saturated heterocycles. The van der Waals surface area contributed by atoms with Gasteiger partial charge in [0, 0.05) is 48.9 Å². The maximum Gasteiger partial charge on any atom is 0.224 e. The third-order valence-corrected chi connectivity index (χ3v) is 4.90. The predicted molar refractivity (Wildman–Crippen MR) is 110 cm³/mol. The van der Waals surface area contributed by atoms with Gasteiger partial charge < -0.3 is 24.7 Å². The van der Waals surface area contributed by atoms with Gasteiger partial charge in [-0.3, -0.25) is 9.59 Å². The number of nitrogens with one attached hydrogen (secondary N) is 2. The monoisotopic (exact) mass is 393 g/mol. The van der Waals surface area contributed by atoms with Gasteiger partial charge in [0.25, 0.3) is 0 Å². The van der Waals surface area contributed by atoms with E-state index in [1.165, 1.54) is 6.92 Å². The van der Waals surface area contributed by atoms with E-state index in [2.05, 4.69) is 10.3 Å². The lowest BCUT2D eigenvalue weighted by molar-refractivity contribution is -0.121. The summed E-state index contributed by atoms with van der Waals surface area (Å²) in [4.78, 5) is 29.3. The van der Waals surface area contributed by atoms with Crippen molar-refractivity contribution in [3.05, 3.63) is 54.2 Å². The molecule has 0 radical (unpaired) electrons. The van der Waals surface area contributed by atoms with Crippen molar-refractivity contribution < 1.29 is 19.1 Å². The number of fused-ring (bicyclic) bond motifs is 2. The van der Waals surface area contributed by atoms with Crippen molar-refractivity contribution >= 4 is 28.4 Å². The fourth-order valence-corrected chi connectivity index (χ4v) is 3.49. The number of aromatic amines is 1. The summed E-state index contributed by atoms with van der Waals surface area (Å²) in [5.41, 5.74) is 2.68. The first-order chi connectivity index (χ1) is 14.1. The van der Waals surface area contributed by atoms with Gasteiger partial charge in [-0.05, 0) is 23.8 Å². The Morgan fingerprint density at radius 2 is 1.90 bits per heavy atom. The van der Waals surface area contributed by atoms with Crippen LogP contribution in [-0.4, -0.2) is 43.1 Å². The molecule has 7 nitrogen and oxygen atoms in total. The Morgan fingerprint density at radius 1 is 1.10 bits per heavy atom. The number of carbonyl (C=O) groups excluding carboxylic acids is 2. The van der Waals surface area contributed by atoms with Gasteiger partial charge in [0.2, 0.25) is 11.8 Å². The molecule has 0 fully saturated rings. The van der Waals surface area contributed by atoms with Crippen LogP contribution in [0.3, 0.4) is 0 Å². The SMILES string of the molecule is CC(=O)N(CCNC(=O)Cc1c[nH]c2ccccc12)c1ccc2c(c1)OCCO2. The number of hydrogen-bond donors (Lipinski definition) is 2. The van der Waals surface area contributed by atoms with Crippen LogP contribution in [0.4, 0.5) is 5.69 Å². The van der Waals surface area contributed by atoms with E-state index in [-0.39, 0.29) is 18.2 Å². The van der Waals surface area contributed by atoms with E-state index in [9.17, 15) is 9.59 Å². The van der Waals surface area contributed by atoms with Crippen molar-refractivity contribution in [1.82, 2.24) is 10.3 Å². The minimum Gasteiger partial charge on any atom is -0.486 e. The van der Waals surface area contributed by atoms with Crippen molar-refractivity contribution in [2.75, 3.05) is 31.2 Å². The standard InChI is InChI=1S/C22H23N3O4/c1-15(26)25(17-6-7-20-21(13-17)29-11-10-28-20)9-8-23-22(27)12-16-14-24-19-5-3-2-4-18(16)19/h2-7,13-14,24H,8-12H2,1H3,(H,23,27). The Bertz CT molecular complexity index is 1040. The number of anilines is 1. The highest BCUT2D eigenvalue weighted by atomic mass is 16.6. The number of nitrogens with zero attached hydrogens (tertiary/aromatic N) is 1. The van der Waals surface area contributed by atoms with Crippen LogP contribution in [-0.2, 0) is 16.0 Å². The van der Waals surface area contributed by atoms with Gasteiger partial charge in [-0.1, -0.05) is 18.2 Å². The van der Waals surface area contributed by atoms with E-state index in [0.29, 0.717) is 43.5 Å². The second-order valence-electron chi connectivity index (χ2n) is 6.88. The lowest BCUT2D eigenvalue weighted by atomic mass is 10.1. The molecule has 4 rings (SSSR count). The first kappa shape index (κ1) is 18.9. The highest BCUT2D eigenvalue weighted by molar-refractivity contribution is 5.92. The molecule has 0 bridgehead atoms. The smallest absolute Gasteiger partial charge is 0.224 e. The molecule has 2 N–H and O–H groups in total. The maximum absolute atomic E-state index is 12.4. The molecule has 0 unspecified atom stereocenters. The number of ether oxygens (including phenoxy) is 2. The minimum absolute atomic E-state index is 0.0829. The van der Waals surface area contributed by atoms with Crippen LogP contribution in [0.15, 0.2) is 48.7 Å². The van der Waals surface area contributed by atoms with Crippen molar-refractivity contribution in [2.24, 2.45) is 0 Å². The Morgan fingerprint density at radius 3 is 2.72 bits per heavy atom. The summed E-state index contributed by atoms with van der Waals surface area (Å²) in [7, 11) is 0. The highest BCUT2D eigenvalue weighted by Crippen LogP contribution is 2.34. The van der Waals surface area contributed by atoms with E-state index in [1.54, 1.807) is 17.0 Å². The van der Waals surface area contributed by atoms with Crippen molar-refractivity contribution in [3.63, 3.8) is 0 Å². The molecule has 1 aromatic heterocycles. The fraction of sp³-hybridized carbons (Fsp3) is 0.273. The number of hydrogen-bond acceptors (Lipinski definition) is 4. The average Bonchev–Trinajstić information content (AvgIpc) is 3.13. The number of para-hydroxylation sites is 1. The number of rotatable bonds is 6. The predicted octanol–water partition coefficient (Wildman–Crippen LogP) is 2.65. The van der Waals surface area contributed by atoms with E-state index in [4.69, 9.17) is 9.47 Å². The van der Waals surface area contributed by atoms with E-state index < -0.39 is 0 Å². The summed E-state index contributed by atoms with van der Waals surface area (Å²) in [6.45, 7) is 3.24. The van der Waals surface area contributed by atoms with Crippen LogP contribution < -0.4 is 19.7 Å². The van der Waals surface area contributed by atoms with Gasteiger partial charge in [0.1, 0.15) is 13.2 Å². The van der Waals surface area contributed by atoms with Crippen LogP contribution >= 0.6 is 0 Å². The molecule has 2 amide bonds. The molecule has 0 spiro atoms. The molecular formula is C22H23N3O4. The van der Waals surface area contributed by atoms with Crippen LogP contribution in [0.2, 0.25) is 0 Å². The molecule has 1 aliphatic heterocycles. The molecule has 7 heteroatoms. The topological polar surface area (TPSA) is 83.7 Å². The summed E-state index contributed by atoms with van der Waals surface area (Å²) in [5.74, 6) is 1.12. The molecular weight excluding hydrogens is 370 g/mol. The van der Waals surface area contributed by atoms with Crippen LogP contribution in [0, 0.1) is 0 Å². The van der Waals surface area contributed by atoms with Gasteiger partial charge in [0.05, 0.1) is 6.42 Å². The summed E-state index contributed by atoms with van der Waals surface area (Å²) in [6, 6.07) is 13.3. The Balaban J connectivity index is 1.36. The quantitative estimate of drug-likeness (QED) is 0.674. The highest BCUT2D eigenvalue weighted by Gasteiger charge is 2.17. The van der Waals surface area contributed by atoms with E-state index in [1.807, 2.05) is 36.5 Å². The molecule has 150 valence electrons. The van der Waals surface area contributed by atoms with Crippen LogP contribution in [0.5, 0.6) is 11.5 Å². The molecule has 0 aliphatic carbocycles. The molecule has 3 aromatic rings. The second-order valence-corrected chi connectivity index (χ2v) is 6.88. The van der Waals surface area contributed by atoms with Gasteiger partial charge in [0.15, 0.2) is 11.5 Å². The molecule has 0 saturated carbocycles. The molecule has 0 atom stereocenters. The lowest BCUT2D eigenvalue weighted by Crippen LogP contribution is -2.38. The molecule has 29 heavy (non-hydrogen) atoms. The van der Waals surface area contributed by atoms with Crippen LogP contribution in [0.25, 0.3) is 10.9 Å². The fourth-order valence-electron chi connectivity index (χ4n) is 3.49. The minimum atomic E-state index is -0.104. The number of H-pyrrole nitrogens is 1. The number of benzene rings is 2. The largest absolute Gasteiger partial charge is 0.486 e. The number of carbonyl (C=O) groups is 2. The molecule has 1 aliphatic rings. The summed E-state index contributed by atoms with van der Waals surface area (Å²) in [6.07, 6.45) is 2.15. The van der Waals surface area contributed by atoms with Crippen molar-refractivity contribution in [1.29, 1.82) is 0 Å². The summed E-state index contributed by atoms with van der Waals surface area (Å²) < 4.78 is 11.1. The summed E-state index contributed by atoms with van der Waals surface area (Å²) >= 11 is 0. The van der Waals surface area contributed by atoms with Crippen molar-refractivity contribution in [2.45, 2.75) is 13.3 Å². The third kappa shape index (κ3) is 4.18. The number of amides is 2. The van der Waals surface area contributed by atoms with Gasteiger partial charge in [-0.15, -0.1) is 0 Å². The van der Waals surface area contributed by atoms with Crippen molar-refractivity contribution in [3.8, 4) is 11.5 Å². The zero-order valence-corrected chi connectivity index (χ0v) is 16.2. The van der Waals surface area contributed by atoms with Crippen LogP contribution in [0.1, 0.15) is 12.5 Å².